The number of benzene rings is 1. The first kappa shape index (κ1) is 21.1. The van der Waals surface area contributed by atoms with Crippen LogP contribution in [0.15, 0.2) is 29.6 Å². The second kappa shape index (κ2) is 8.41. The van der Waals surface area contributed by atoms with Crippen LogP contribution in [-0.4, -0.2) is 29.7 Å². The van der Waals surface area contributed by atoms with E-state index in [2.05, 4.69) is 10.6 Å². The molecule has 1 aromatic rings. The number of nitrogens with one attached hydrogen (secondary N) is 3. The Hall–Kier alpha value is -2.61. The van der Waals surface area contributed by atoms with E-state index >= 15 is 0 Å². The largest absolute Gasteiger partial charge is 0.481 e. The van der Waals surface area contributed by atoms with Crippen molar-refractivity contribution >= 4 is 34.9 Å². The highest BCUT2D eigenvalue weighted by Crippen LogP contribution is 2.50. The first-order chi connectivity index (χ1) is 13.7. The maximum absolute atomic E-state index is 13.3. The summed E-state index contributed by atoms with van der Waals surface area (Å²) >= 11 is 5.76. The van der Waals surface area contributed by atoms with Crippen LogP contribution in [0.3, 0.4) is 0 Å². The van der Waals surface area contributed by atoms with Crippen LogP contribution in [-0.2, 0) is 9.59 Å². The number of carboxylic acid groups (broad SMARTS) is 1. The number of carbonyl (C=O) groups is 2. The van der Waals surface area contributed by atoms with Gasteiger partial charge in [-0.15, -0.1) is 0 Å². The Labute approximate surface area is 173 Å². The summed E-state index contributed by atoms with van der Waals surface area (Å²) in [6.45, 7) is 0. The molecule has 9 heteroatoms. The van der Waals surface area contributed by atoms with Crippen molar-refractivity contribution in [3.63, 3.8) is 0 Å². The van der Waals surface area contributed by atoms with E-state index in [-0.39, 0.29) is 45.8 Å². The molecule has 2 saturated carbocycles. The van der Waals surface area contributed by atoms with Gasteiger partial charge in [-0.2, -0.15) is 0 Å². The summed E-state index contributed by atoms with van der Waals surface area (Å²) < 4.78 is 13.3. The Kier molecular flexibility index (Phi) is 6.12. The predicted molar refractivity (Wildman–Crippen MR) is 108 cm³/mol. The number of amides is 1. The molecule has 7 nitrogen and oxygen atoms in total. The summed E-state index contributed by atoms with van der Waals surface area (Å²) in [5.74, 6) is -1.85. The van der Waals surface area contributed by atoms with Crippen molar-refractivity contribution in [2.75, 3.05) is 12.4 Å². The van der Waals surface area contributed by atoms with E-state index < -0.39 is 17.7 Å². The number of hydrogen-bond donors (Lipinski definition) is 5. The molecule has 29 heavy (non-hydrogen) atoms. The minimum Gasteiger partial charge on any atom is -0.481 e. The molecule has 0 saturated heterocycles. The van der Waals surface area contributed by atoms with E-state index in [1.54, 1.807) is 7.05 Å². The lowest BCUT2D eigenvalue weighted by Gasteiger charge is -2.19. The van der Waals surface area contributed by atoms with Crippen molar-refractivity contribution in [3.05, 3.63) is 40.4 Å². The SMILES string of the molecule is CN/C(N)=C(\C(=N)C1CC2CC(C(=O)O)CC2C1)C(=O)Nc1ccc(F)c(Cl)c1. The van der Waals surface area contributed by atoms with Crippen molar-refractivity contribution in [1.82, 2.24) is 5.32 Å². The highest BCUT2D eigenvalue weighted by Gasteiger charge is 2.45. The van der Waals surface area contributed by atoms with E-state index in [1.807, 2.05) is 0 Å². The van der Waals surface area contributed by atoms with E-state index in [4.69, 9.17) is 22.7 Å². The van der Waals surface area contributed by atoms with Gasteiger partial charge in [0.05, 0.1) is 16.7 Å². The number of carbonyl (C=O) groups excluding carboxylic acids is 1. The number of carboxylic acids is 1. The highest BCUT2D eigenvalue weighted by atomic mass is 35.5. The molecule has 0 radical (unpaired) electrons. The molecular weight excluding hydrogens is 399 g/mol. The summed E-state index contributed by atoms with van der Waals surface area (Å²) in [7, 11) is 1.56. The standard InChI is InChI=1S/C20H24ClFN4O3/c1-25-18(24)16(19(27)26-13-2-3-15(22)14(21)8-13)17(23)11-4-9-6-12(20(28)29)7-10(9)5-11/h2-3,8-12,23,25H,4-7,24H2,1H3,(H,26,27)(H,28,29)/b18-16+,23-17?. The van der Waals surface area contributed by atoms with Crippen LogP contribution in [0.25, 0.3) is 0 Å². The van der Waals surface area contributed by atoms with Crippen molar-refractivity contribution in [2.24, 2.45) is 29.4 Å². The Bertz CT molecular complexity index is 874. The molecular formula is C20H24ClFN4O3. The molecule has 2 atom stereocenters. The summed E-state index contributed by atoms with van der Waals surface area (Å²) in [5.41, 5.74) is 6.43. The van der Waals surface area contributed by atoms with Gasteiger partial charge in [0.25, 0.3) is 5.91 Å². The van der Waals surface area contributed by atoms with Gasteiger partial charge in [0, 0.05) is 18.7 Å². The number of fused-ring (bicyclic) bond motifs is 1. The summed E-state index contributed by atoms with van der Waals surface area (Å²) in [6.07, 6.45) is 2.57. The van der Waals surface area contributed by atoms with Gasteiger partial charge < -0.3 is 26.9 Å². The molecule has 6 N–H and O–H groups in total. The molecule has 3 rings (SSSR count). The molecule has 156 valence electrons. The molecule has 1 amide bonds. The molecule has 1 aromatic carbocycles. The normalized spacial score (nSPS) is 26.4. The van der Waals surface area contributed by atoms with Gasteiger partial charge in [0.15, 0.2) is 0 Å². The van der Waals surface area contributed by atoms with Gasteiger partial charge >= 0.3 is 5.97 Å². The fourth-order valence-corrected chi connectivity index (χ4v) is 4.72. The molecule has 2 aliphatic rings. The number of rotatable bonds is 6. The third kappa shape index (κ3) is 4.37. The van der Waals surface area contributed by atoms with Crippen LogP contribution < -0.4 is 16.4 Å². The van der Waals surface area contributed by atoms with E-state index in [9.17, 15) is 19.1 Å². The van der Waals surface area contributed by atoms with E-state index in [1.165, 1.54) is 12.1 Å². The van der Waals surface area contributed by atoms with Crippen molar-refractivity contribution in [3.8, 4) is 0 Å². The Balaban J connectivity index is 1.74. The molecule has 2 aliphatic carbocycles. The number of halogens is 2. The maximum Gasteiger partial charge on any atom is 0.306 e. The lowest BCUT2D eigenvalue weighted by Crippen LogP contribution is -2.32. The van der Waals surface area contributed by atoms with Crippen LogP contribution in [0.2, 0.25) is 5.02 Å². The summed E-state index contributed by atoms with van der Waals surface area (Å²) in [5, 5.41) is 23.1. The lowest BCUT2D eigenvalue weighted by molar-refractivity contribution is -0.141. The Morgan fingerprint density at radius 3 is 2.31 bits per heavy atom. The van der Waals surface area contributed by atoms with E-state index in [0.29, 0.717) is 31.4 Å². The third-order valence-corrected chi connectivity index (χ3v) is 6.28. The zero-order chi connectivity index (χ0) is 21.3. The molecule has 0 bridgehead atoms. The predicted octanol–water partition coefficient (Wildman–Crippen LogP) is 2.96. The molecule has 0 spiro atoms. The smallest absolute Gasteiger partial charge is 0.306 e. The number of nitrogens with two attached hydrogens (primary N) is 1. The molecule has 0 heterocycles. The zero-order valence-corrected chi connectivity index (χ0v) is 16.7. The van der Waals surface area contributed by atoms with Crippen LogP contribution in [0, 0.1) is 34.9 Å². The number of anilines is 1. The van der Waals surface area contributed by atoms with Gasteiger partial charge in [-0.25, -0.2) is 4.39 Å². The minimum atomic E-state index is -0.761. The first-order valence-electron chi connectivity index (χ1n) is 9.46. The van der Waals surface area contributed by atoms with Gasteiger partial charge in [-0.3, -0.25) is 9.59 Å². The highest BCUT2D eigenvalue weighted by molar-refractivity contribution is 6.31. The Morgan fingerprint density at radius 1 is 1.21 bits per heavy atom. The van der Waals surface area contributed by atoms with Gasteiger partial charge in [0.2, 0.25) is 0 Å². The van der Waals surface area contributed by atoms with Crippen LogP contribution in [0.1, 0.15) is 25.7 Å². The van der Waals surface area contributed by atoms with Gasteiger partial charge in [-0.1, -0.05) is 11.6 Å². The molecule has 2 unspecified atom stereocenters. The van der Waals surface area contributed by atoms with E-state index in [0.717, 1.165) is 6.07 Å². The minimum absolute atomic E-state index is 0.0349. The molecule has 0 aromatic heterocycles. The number of aliphatic carboxylic acids is 1. The van der Waals surface area contributed by atoms with Gasteiger partial charge in [-0.05, 0) is 55.7 Å². The monoisotopic (exact) mass is 422 g/mol. The first-order valence-corrected chi connectivity index (χ1v) is 9.84. The van der Waals surface area contributed by atoms with Crippen molar-refractivity contribution in [2.45, 2.75) is 25.7 Å². The van der Waals surface area contributed by atoms with Crippen LogP contribution in [0.5, 0.6) is 0 Å². The Morgan fingerprint density at radius 2 is 1.79 bits per heavy atom. The average molecular weight is 423 g/mol. The van der Waals surface area contributed by atoms with Crippen molar-refractivity contribution < 1.29 is 19.1 Å². The quantitative estimate of drug-likeness (QED) is 0.355. The molecule has 2 fully saturated rings. The van der Waals surface area contributed by atoms with Crippen LogP contribution >= 0.6 is 11.6 Å². The zero-order valence-electron chi connectivity index (χ0n) is 16.0. The summed E-state index contributed by atoms with van der Waals surface area (Å²) in [6, 6.07) is 3.81. The average Bonchev–Trinajstić information content (AvgIpc) is 3.24. The topological polar surface area (TPSA) is 128 Å². The maximum atomic E-state index is 13.3. The fourth-order valence-electron chi connectivity index (χ4n) is 4.54. The fraction of sp³-hybridized carbons (Fsp3) is 0.450. The third-order valence-electron chi connectivity index (χ3n) is 5.99. The summed E-state index contributed by atoms with van der Waals surface area (Å²) in [4.78, 5) is 24.1. The van der Waals surface area contributed by atoms with Crippen LogP contribution in [0.4, 0.5) is 10.1 Å². The number of hydrogen-bond acceptors (Lipinski definition) is 5. The lowest BCUT2D eigenvalue weighted by atomic mass is 9.90. The second-order valence-corrected chi connectivity index (χ2v) is 8.14. The van der Waals surface area contributed by atoms with Crippen molar-refractivity contribution in [1.29, 1.82) is 5.41 Å². The molecule has 0 aliphatic heterocycles. The van der Waals surface area contributed by atoms with Gasteiger partial charge in [0.1, 0.15) is 17.2 Å². The second-order valence-electron chi connectivity index (χ2n) is 7.73.